The molecule has 0 amide bonds. The molecule has 0 aliphatic rings. The molecule has 2 heterocycles. The van der Waals surface area contributed by atoms with Crippen LogP contribution in [-0.4, -0.2) is 48.4 Å². The highest BCUT2D eigenvalue weighted by Crippen LogP contribution is 2.33. The molecule has 8 nitrogen and oxygen atoms in total. The smallest absolute Gasteiger partial charge is 0.416 e. The maximum absolute atomic E-state index is 15.5. The highest BCUT2D eigenvalue weighted by atomic mass is 19.4. The predicted molar refractivity (Wildman–Crippen MR) is 158 cm³/mol. The zero-order valence-electron chi connectivity index (χ0n) is 24.7. The molecule has 0 radical (unpaired) electrons. The summed E-state index contributed by atoms with van der Waals surface area (Å²) in [7, 11) is 4.18. The van der Waals surface area contributed by atoms with E-state index in [1.807, 2.05) is 4.57 Å². The lowest BCUT2D eigenvalue weighted by atomic mass is 10.1. The van der Waals surface area contributed by atoms with Crippen molar-refractivity contribution in [1.82, 2.24) is 14.5 Å². The van der Waals surface area contributed by atoms with Gasteiger partial charge < -0.3 is 23.5 Å². The molecule has 234 valence electrons. The summed E-state index contributed by atoms with van der Waals surface area (Å²) in [5, 5.41) is 0. The van der Waals surface area contributed by atoms with Crippen LogP contribution in [0.1, 0.15) is 32.9 Å². The molecule has 12 heteroatoms. The highest BCUT2D eigenvalue weighted by molar-refractivity contribution is 5.93. The van der Waals surface area contributed by atoms with Gasteiger partial charge in [0, 0.05) is 37.3 Å². The number of methoxy groups -OCH3 is 3. The summed E-state index contributed by atoms with van der Waals surface area (Å²) in [6.07, 6.45) is -4.31. The number of benzene rings is 3. The lowest BCUT2D eigenvalue weighted by molar-refractivity contribution is -0.137. The van der Waals surface area contributed by atoms with E-state index >= 15 is 4.39 Å². The zero-order valence-corrected chi connectivity index (χ0v) is 24.7. The number of fused-ring (bicyclic) bond motifs is 1. The molecule has 2 aromatic heterocycles. The van der Waals surface area contributed by atoms with E-state index in [1.54, 1.807) is 55.6 Å². The first-order chi connectivity index (χ1) is 21.6. The maximum Gasteiger partial charge on any atom is 0.416 e. The Kier molecular flexibility index (Phi) is 9.33. The number of hydrogen-bond donors (Lipinski definition) is 0. The predicted octanol–water partition coefficient (Wildman–Crippen LogP) is 6.87. The van der Waals surface area contributed by atoms with Gasteiger partial charge in [0.25, 0.3) is 0 Å². The van der Waals surface area contributed by atoms with Gasteiger partial charge in [-0.1, -0.05) is 24.3 Å². The van der Waals surface area contributed by atoms with Crippen molar-refractivity contribution in [2.45, 2.75) is 25.7 Å². The van der Waals surface area contributed by atoms with E-state index < -0.39 is 23.5 Å². The molecule has 5 rings (SSSR count). The van der Waals surface area contributed by atoms with E-state index in [2.05, 4.69) is 4.98 Å². The Morgan fingerprint density at radius 3 is 2.42 bits per heavy atom. The molecule has 0 saturated carbocycles. The Balaban J connectivity index is 1.35. The van der Waals surface area contributed by atoms with Crippen LogP contribution in [0.4, 0.5) is 17.6 Å². The third-order valence-electron chi connectivity index (χ3n) is 7.18. The van der Waals surface area contributed by atoms with Gasteiger partial charge >= 0.3 is 12.1 Å². The number of carbonyl (C=O) groups is 1. The standard InChI is InChI=1S/C33H29F4N3O5/c1-42-14-13-40-28-16-22(32(41)44-3)10-12-27(28)38-30(40)17-20-7-8-21(15-25(20)34)26-5-4-6-31(39-26)45-19-23-9-11-24(33(35,36)37)18-29(23)43-2/h4-12,15-16,18H,13-14,17,19H2,1-3H3. The van der Waals surface area contributed by atoms with Crippen molar-refractivity contribution >= 4 is 17.0 Å². The molecular formula is C33H29F4N3O5. The van der Waals surface area contributed by atoms with Crippen LogP contribution in [0.3, 0.4) is 0 Å². The van der Waals surface area contributed by atoms with Gasteiger partial charge in [-0.25, -0.2) is 19.2 Å². The second-order valence-electron chi connectivity index (χ2n) is 10.0. The number of carbonyl (C=O) groups excluding carboxylic acids is 1. The summed E-state index contributed by atoms with van der Waals surface area (Å²) in [5.74, 6) is -0.0870. The van der Waals surface area contributed by atoms with E-state index in [1.165, 1.54) is 26.4 Å². The third-order valence-corrected chi connectivity index (χ3v) is 7.18. The van der Waals surface area contributed by atoms with Gasteiger partial charge in [-0.2, -0.15) is 13.2 Å². The molecule has 0 fully saturated rings. The minimum absolute atomic E-state index is 0.0401. The van der Waals surface area contributed by atoms with Crippen molar-refractivity contribution in [2.24, 2.45) is 0 Å². The van der Waals surface area contributed by atoms with Gasteiger partial charge in [0.15, 0.2) is 0 Å². The van der Waals surface area contributed by atoms with Crippen LogP contribution in [0.25, 0.3) is 22.3 Å². The molecule has 0 aliphatic heterocycles. The Morgan fingerprint density at radius 2 is 1.71 bits per heavy atom. The molecule has 0 atom stereocenters. The molecule has 3 aromatic carbocycles. The summed E-state index contributed by atoms with van der Waals surface area (Å²) in [5.41, 5.74) is 2.67. The second kappa shape index (κ2) is 13.3. The number of esters is 1. The van der Waals surface area contributed by atoms with E-state index in [9.17, 15) is 18.0 Å². The van der Waals surface area contributed by atoms with Crippen molar-refractivity contribution in [3.05, 3.63) is 107 Å². The van der Waals surface area contributed by atoms with Gasteiger partial charge in [0.1, 0.15) is 24.0 Å². The number of nitrogens with zero attached hydrogens (tertiary/aromatic N) is 3. The zero-order chi connectivity index (χ0) is 32.1. The first-order valence-corrected chi connectivity index (χ1v) is 13.8. The number of pyridine rings is 1. The Hall–Kier alpha value is -4.97. The number of imidazole rings is 1. The number of halogens is 4. The summed E-state index contributed by atoms with van der Waals surface area (Å²) in [6, 6.07) is 18.0. The molecule has 0 bridgehead atoms. The second-order valence-corrected chi connectivity index (χ2v) is 10.0. The highest BCUT2D eigenvalue weighted by Gasteiger charge is 2.31. The minimum atomic E-state index is -4.50. The topological polar surface area (TPSA) is 84.7 Å². The Bertz CT molecular complexity index is 1840. The molecule has 0 aliphatic carbocycles. The molecule has 0 spiro atoms. The van der Waals surface area contributed by atoms with Crippen molar-refractivity contribution in [3.8, 4) is 22.9 Å². The number of rotatable bonds is 11. The Morgan fingerprint density at radius 1 is 0.911 bits per heavy atom. The van der Waals surface area contributed by atoms with Gasteiger partial charge in [-0.05, 0) is 48.0 Å². The first kappa shape index (κ1) is 31.5. The fourth-order valence-corrected chi connectivity index (χ4v) is 4.85. The largest absolute Gasteiger partial charge is 0.496 e. The van der Waals surface area contributed by atoms with E-state index in [0.29, 0.717) is 58.0 Å². The molecule has 0 N–H and O–H groups in total. The number of ether oxygens (including phenoxy) is 4. The monoisotopic (exact) mass is 623 g/mol. The summed E-state index contributed by atoms with van der Waals surface area (Å²) in [4.78, 5) is 21.2. The van der Waals surface area contributed by atoms with Crippen LogP contribution in [0.2, 0.25) is 0 Å². The minimum Gasteiger partial charge on any atom is -0.496 e. The maximum atomic E-state index is 15.5. The molecule has 45 heavy (non-hydrogen) atoms. The quantitative estimate of drug-likeness (QED) is 0.117. The summed E-state index contributed by atoms with van der Waals surface area (Å²) >= 11 is 0. The fourth-order valence-electron chi connectivity index (χ4n) is 4.85. The lowest BCUT2D eigenvalue weighted by Crippen LogP contribution is -2.10. The fraction of sp³-hybridized carbons (Fsp3) is 0.242. The van der Waals surface area contributed by atoms with Crippen LogP contribution >= 0.6 is 0 Å². The van der Waals surface area contributed by atoms with Crippen LogP contribution in [0.15, 0.2) is 72.8 Å². The van der Waals surface area contributed by atoms with Crippen molar-refractivity contribution in [3.63, 3.8) is 0 Å². The third kappa shape index (κ3) is 7.07. The van der Waals surface area contributed by atoms with Crippen molar-refractivity contribution < 1.29 is 41.3 Å². The van der Waals surface area contributed by atoms with Crippen LogP contribution in [-0.2, 0) is 35.2 Å². The van der Waals surface area contributed by atoms with Crippen molar-refractivity contribution in [2.75, 3.05) is 27.9 Å². The van der Waals surface area contributed by atoms with Crippen LogP contribution in [0.5, 0.6) is 11.6 Å². The molecular weight excluding hydrogens is 594 g/mol. The summed E-state index contributed by atoms with van der Waals surface area (Å²) in [6.45, 7) is 0.746. The van der Waals surface area contributed by atoms with E-state index in [4.69, 9.17) is 23.9 Å². The number of alkyl halides is 3. The average Bonchev–Trinajstić information content (AvgIpc) is 3.38. The normalized spacial score (nSPS) is 11.5. The molecule has 0 unspecified atom stereocenters. The summed E-state index contributed by atoms with van der Waals surface area (Å²) < 4.78 is 77.5. The lowest BCUT2D eigenvalue weighted by Gasteiger charge is -2.13. The van der Waals surface area contributed by atoms with Crippen molar-refractivity contribution in [1.29, 1.82) is 0 Å². The molecule has 5 aromatic rings. The first-order valence-electron chi connectivity index (χ1n) is 13.8. The molecule has 0 saturated heterocycles. The van der Waals surface area contributed by atoms with Gasteiger partial charge in [-0.15, -0.1) is 0 Å². The Labute approximate surface area is 256 Å². The van der Waals surface area contributed by atoms with Gasteiger partial charge in [-0.3, -0.25) is 0 Å². The van der Waals surface area contributed by atoms with Gasteiger partial charge in [0.05, 0.1) is 48.7 Å². The average molecular weight is 624 g/mol. The van der Waals surface area contributed by atoms with Crippen LogP contribution in [0, 0.1) is 5.82 Å². The van der Waals surface area contributed by atoms with Crippen LogP contribution < -0.4 is 9.47 Å². The van der Waals surface area contributed by atoms with Gasteiger partial charge in [0.2, 0.25) is 5.88 Å². The number of hydrogen-bond acceptors (Lipinski definition) is 7. The number of aromatic nitrogens is 3. The SMILES string of the molecule is COCCn1c(Cc2ccc(-c3cccc(OCc4ccc(C(F)(F)F)cc4OC)n3)cc2F)nc2ccc(C(=O)OC)cc21. The van der Waals surface area contributed by atoms with E-state index in [-0.39, 0.29) is 24.7 Å². The van der Waals surface area contributed by atoms with E-state index in [0.717, 1.165) is 12.1 Å².